The number of anilines is 1. The van der Waals surface area contributed by atoms with Crippen LogP contribution in [0, 0.1) is 12.8 Å². The zero-order valence-corrected chi connectivity index (χ0v) is 13.9. The monoisotopic (exact) mass is 315 g/mol. The second-order valence-electron chi connectivity index (χ2n) is 6.63. The maximum Gasteiger partial charge on any atom is 0.228 e. The van der Waals surface area contributed by atoms with Crippen molar-refractivity contribution in [2.45, 2.75) is 32.2 Å². The number of benzene rings is 1. The van der Waals surface area contributed by atoms with Gasteiger partial charge in [-0.25, -0.2) is 0 Å². The molecule has 2 aliphatic rings. The highest BCUT2D eigenvalue weighted by atomic mass is 16.2. The summed E-state index contributed by atoms with van der Waals surface area (Å²) in [6.45, 7) is 4.18. The van der Waals surface area contributed by atoms with Crippen molar-refractivity contribution in [2.24, 2.45) is 5.92 Å². The molecule has 2 amide bonds. The van der Waals surface area contributed by atoms with Crippen LogP contribution in [0.4, 0.5) is 5.69 Å². The average Bonchev–Trinajstić information content (AvgIpc) is 3.15. The van der Waals surface area contributed by atoms with Crippen LogP contribution in [0.25, 0.3) is 0 Å². The number of carbonyl (C=O) groups excluding carboxylic acids is 2. The van der Waals surface area contributed by atoms with E-state index in [4.69, 9.17) is 0 Å². The van der Waals surface area contributed by atoms with Gasteiger partial charge >= 0.3 is 0 Å². The molecule has 0 spiro atoms. The molecule has 1 aromatic rings. The van der Waals surface area contributed by atoms with E-state index in [-0.39, 0.29) is 23.8 Å². The van der Waals surface area contributed by atoms with Gasteiger partial charge in [-0.3, -0.25) is 9.59 Å². The molecule has 0 radical (unpaired) electrons. The summed E-state index contributed by atoms with van der Waals surface area (Å²) in [5.41, 5.74) is 2.06. The predicted octanol–water partition coefficient (Wildman–Crippen LogP) is 1.56. The van der Waals surface area contributed by atoms with Gasteiger partial charge in [0, 0.05) is 37.8 Å². The lowest BCUT2D eigenvalue weighted by molar-refractivity contribution is -0.136. The number of amides is 2. The van der Waals surface area contributed by atoms with E-state index in [1.165, 1.54) is 5.56 Å². The summed E-state index contributed by atoms with van der Waals surface area (Å²) in [4.78, 5) is 28.9. The molecular formula is C18H25N3O2. The molecule has 2 fully saturated rings. The third-order valence-corrected chi connectivity index (χ3v) is 4.92. The number of rotatable bonds is 4. The maximum absolute atomic E-state index is 12.8. The Kier molecular flexibility index (Phi) is 4.66. The molecule has 5 nitrogen and oxygen atoms in total. The summed E-state index contributed by atoms with van der Waals surface area (Å²) in [6.07, 6.45) is 2.44. The minimum absolute atomic E-state index is 0.0524. The molecule has 3 rings (SSSR count). The van der Waals surface area contributed by atoms with Crippen molar-refractivity contribution in [3.63, 3.8) is 0 Å². The lowest BCUT2D eigenvalue weighted by Crippen LogP contribution is -2.44. The van der Waals surface area contributed by atoms with E-state index in [9.17, 15) is 9.59 Å². The minimum atomic E-state index is -0.207. The first kappa shape index (κ1) is 16.0. The first-order valence-corrected chi connectivity index (χ1v) is 8.42. The third-order valence-electron chi connectivity index (χ3n) is 4.92. The summed E-state index contributed by atoms with van der Waals surface area (Å²) in [5.74, 6) is -0.0106. The molecule has 2 atom stereocenters. The molecule has 124 valence electrons. The van der Waals surface area contributed by atoms with Crippen molar-refractivity contribution in [1.29, 1.82) is 0 Å². The summed E-state index contributed by atoms with van der Waals surface area (Å²) < 4.78 is 0. The summed E-state index contributed by atoms with van der Waals surface area (Å²) >= 11 is 0. The fraction of sp³-hybridized carbons (Fsp3) is 0.556. The zero-order chi connectivity index (χ0) is 16.4. The number of likely N-dealkylation sites (tertiary alicyclic amines) is 1. The van der Waals surface area contributed by atoms with E-state index in [2.05, 4.69) is 5.32 Å². The summed E-state index contributed by atoms with van der Waals surface area (Å²) in [5, 5.41) is 3.16. The molecule has 2 unspecified atom stereocenters. The second-order valence-corrected chi connectivity index (χ2v) is 6.63. The molecule has 0 bridgehead atoms. The number of aryl methyl sites for hydroxylation is 1. The third kappa shape index (κ3) is 3.24. The summed E-state index contributed by atoms with van der Waals surface area (Å²) in [7, 11) is 1.92. The van der Waals surface area contributed by atoms with Crippen molar-refractivity contribution in [3.8, 4) is 0 Å². The van der Waals surface area contributed by atoms with Crippen LogP contribution in [0.15, 0.2) is 24.3 Å². The molecule has 0 saturated carbocycles. The number of hydrogen-bond donors (Lipinski definition) is 1. The molecule has 2 aliphatic heterocycles. The Morgan fingerprint density at radius 1 is 1.30 bits per heavy atom. The van der Waals surface area contributed by atoms with Gasteiger partial charge in [0.25, 0.3) is 0 Å². The Morgan fingerprint density at radius 3 is 2.74 bits per heavy atom. The second kappa shape index (κ2) is 6.71. The fourth-order valence-electron chi connectivity index (χ4n) is 3.66. The number of nitrogens with zero attached hydrogens (tertiary/aromatic N) is 2. The van der Waals surface area contributed by atoms with Gasteiger partial charge in [0.05, 0.1) is 5.92 Å². The molecule has 0 aliphatic carbocycles. The lowest BCUT2D eigenvalue weighted by atomic mass is 10.1. The van der Waals surface area contributed by atoms with E-state index in [0.717, 1.165) is 31.6 Å². The molecular weight excluding hydrogens is 290 g/mol. The Hall–Kier alpha value is -1.88. The normalized spacial score (nSPS) is 24.5. The predicted molar refractivity (Wildman–Crippen MR) is 90.3 cm³/mol. The van der Waals surface area contributed by atoms with Gasteiger partial charge in [-0.15, -0.1) is 0 Å². The van der Waals surface area contributed by atoms with Gasteiger partial charge in [-0.1, -0.05) is 17.7 Å². The van der Waals surface area contributed by atoms with Gasteiger partial charge in [0.15, 0.2) is 0 Å². The highest BCUT2D eigenvalue weighted by Gasteiger charge is 2.39. The Labute approximate surface area is 137 Å². The standard InChI is InChI=1S/C18H25N3O2/c1-13-5-7-15(8-6-13)21-12-14(10-17(21)22)18(23)20-9-3-4-16(20)11-19-2/h5-8,14,16,19H,3-4,9-12H2,1-2H3. The van der Waals surface area contributed by atoms with Crippen LogP contribution in [0.1, 0.15) is 24.8 Å². The van der Waals surface area contributed by atoms with Gasteiger partial charge < -0.3 is 15.1 Å². The maximum atomic E-state index is 12.8. The Bertz CT molecular complexity index is 584. The largest absolute Gasteiger partial charge is 0.338 e. The van der Waals surface area contributed by atoms with Crippen molar-refractivity contribution in [1.82, 2.24) is 10.2 Å². The highest BCUT2D eigenvalue weighted by Crippen LogP contribution is 2.28. The van der Waals surface area contributed by atoms with Gasteiger partial charge in [-0.05, 0) is 38.9 Å². The Balaban J connectivity index is 1.69. The fourth-order valence-corrected chi connectivity index (χ4v) is 3.66. The zero-order valence-electron chi connectivity index (χ0n) is 13.9. The molecule has 23 heavy (non-hydrogen) atoms. The molecule has 1 aromatic carbocycles. The van der Waals surface area contributed by atoms with Crippen LogP contribution in [0.2, 0.25) is 0 Å². The van der Waals surface area contributed by atoms with Crippen molar-refractivity contribution < 1.29 is 9.59 Å². The van der Waals surface area contributed by atoms with E-state index < -0.39 is 0 Å². The van der Waals surface area contributed by atoms with Crippen LogP contribution in [-0.2, 0) is 9.59 Å². The van der Waals surface area contributed by atoms with Crippen molar-refractivity contribution in [3.05, 3.63) is 29.8 Å². The smallest absolute Gasteiger partial charge is 0.228 e. The van der Waals surface area contributed by atoms with Crippen LogP contribution in [0.3, 0.4) is 0 Å². The number of carbonyl (C=O) groups is 2. The van der Waals surface area contributed by atoms with E-state index >= 15 is 0 Å². The molecule has 1 N–H and O–H groups in total. The van der Waals surface area contributed by atoms with E-state index in [1.54, 1.807) is 4.90 Å². The van der Waals surface area contributed by atoms with Gasteiger partial charge in [0.2, 0.25) is 11.8 Å². The quantitative estimate of drug-likeness (QED) is 0.917. The number of likely N-dealkylation sites (N-methyl/N-ethyl adjacent to an activating group) is 1. The van der Waals surface area contributed by atoms with E-state index in [0.29, 0.717) is 13.0 Å². The van der Waals surface area contributed by atoms with Gasteiger partial charge in [0.1, 0.15) is 0 Å². The molecule has 2 heterocycles. The minimum Gasteiger partial charge on any atom is -0.338 e. The molecule has 5 heteroatoms. The molecule has 0 aromatic heterocycles. The first-order chi connectivity index (χ1) is 11.1. The molecule has 2 saturated heterocycles. The van der Waals surface area contributed by atoms with Crippen LogP contribution < -0.4 is 10.2 Å². The number of hydrogen-bond acceptors (Lipinski definition) is 3. The van der Waals surface area contributed by atoms with Crippen LogP contribution >= 0.6 is 0 Å². The van der Waals surface area contributed by atoms with Crippen molar-refractivity contribution >= 4 is 17.5 Å². The van der Waals surface area contributed by atoms with E-state index in [1.807, 2.05) is 43.1 Å². The highest BCUT2D eigenvalue weighted by molar-refractivity contribution is 6.00. The SMILES string of the molecule is CNCC1CCCN1C(=O)C1CC(=O)N(c2ccc(C)cc2)C1. The average molecular weight is 315 g/mol. The first-order valence-electron chi connectivity index (χ1n) is 8.42. The lowest BCUT2D eigenvalue weighted by Gasteiger charge is -2.27. The number of nitrogens with one attached hydrogen (secondary N) is 1. The summed E-state index contributed by atoms with van der Waals surface area (Å²) in [6, 6.07) is 8.19. The topological polar surface area (TPSA) is 52.7 Å². The Morgan fingerprint density at radius 2 is 2.04 bits per heavy atom. The van der Waals surface area contributed by atoms with Crippen LogP contribution in [0.5, 0.6) is 0 Å². The van der Waals surface area contributed by atoms with Gasteiger partial charge in [-0.2, -0.15) is 0 Å². The van der Waals surface area contributed by atoms with Crippen LogP contribution in [-0.4, -0.2) is 49.4 Å². The van der Waals surface area contributed by atoms with Crippen molar-refractivity contribution in [2.75, 3.05) is 31.6 Å².